The lowest BCUT2D eigenvalue weighted by molar-refractivity contribution is 0.112. The van der Waals surface area contributed by atoms with Crippen molar-refractivity contribution in [3.63, 3.8) is 0 Å². The minimum atomic E-state index is -0.538. The fourth-order valence-corrected chi connectivity index (χ4v) is 1.41. The Labute approximate surface area is 85.3 Å². The number of benzene rings is 1. The van der Waals surface area contributed by atoms with Gasteiger partial charge in [0.05, 0.1) is 17.5 Å². The smallest absolute Gasteiger partial charge is 0.153 e. The second kappa shape index (κ2) is 3.61. The summed E-state index contributed by atoms with van der Waals surface area (Å²) in [5, 5.41) is 7.40. The monoisotopic (exact) mass is 205 g/mol. The van der Waals surface area contributed by atoms with Crippen LogP contribution in [0.1, 0.15) is 10.4 Å². The van der Waals surface area contributed by atoms with Gasteiger partial charge in [0.1, 0.15) is 5.82 Å². The quantitative estimate of drug-likeness (QED) is 0.697. The highest BCUT2D eigenvalue weighted by Gasteiger charge is 2.12. The highest BCUT2D eigenvalue weighted by molar-refractivity contribution is 5.86. The average Bonchev–Trinajstić information content (AvgIpc) is 2.64. The van der Waals surface area contributed by atoms with Gasteiger partial charge in [-0.2, -0.15) is 0 Å². The van der Waals surface area contributed by atoms with Crippen LogP contribution in [0.2, 0.25) is 0 Å². The summed E-state index contributed by atoms with van der Waals surface area (Å²) in [5.41, 5.74) is 1.14. The fourth-order valence-electron chi connectivity index (χ4n) is 1.41. The summed E-state index contributed by atoms with van der Waals surface area (Å²) in [4.78, 5) is 10.8. The summed E-state index contributed by atoms with van der Waals surface area (Å²) >= 11 is 0. The van der Waals surface area contributed by atoms with Gasteiger partial charge >= 0.3 is 0 Å². The second-order valence-electron chi connectivity index (χ2n) is 3.06. The van der Waals surface area contributed by atoms with E-state index in [4.69, 9.17) is 0 Å². The van der Waals surface area contributed by atoms with E-state index >= 15 is 0 Å². The number of aromatic nitrogens is 3. The van der Waals surface area contributed by atoms with Gasteiger partial charge in [0.25, 0.3) is 0 Å². The molecule has 0 aliphatic heterocycles. The summed E-state index contributed by atoms with van der Waals surface area (Å²) < 4.78 is 14.8. The highest BCUT2D eigenvalue weighted by atomic mass is 19.1. The molecule has 0 radical (unpaired) electrons. The van der Waals surface area contributed by atoms with E-state index in [-0.39, 0.29) is 5.56 Å². The Hall–Kier alpha value is -2.04. The molecule has 4 nitrogen and oxygen atoms in total. The first-order valence-corrected chi connectivity index (χ1v) is 4.33. The number of aldehydes is 1. The van der Waals surface area contributed by atoms with Crippen molar-refractivity contribution in [2.75, 3.05) is 0 Å². The first-order chi connectivity index (χ1) is 7.24. The Balaban J connectivity index is 2.68. The largest absolute Gasteiger partial charge is 0.298 e. The molecule has 1 aromatic carbocycles. The zero-order valence-corrected chi connectivity index (χ0v) is 8.01. The van der Waals surface area contributed by atoms with Crippen LogP contribution in [0.25, 0.3) is 11.3 Å². The van der Waals surface area contributed by atoms with Gasteiger partial charge in [0.2, 0.25) is 0 Å². The van der Waals surface area contributed by atoms with E-state index in [9.17, 15) is 9.18 Å². The van der Waals surface area contributed by atoms with E-state index in [0.29, 0.717) is 17.5 Å². The first-order valence-electron chi connectivity index (χ1n) is 4.33. The molecule has 2 rings (SSSR count). The van der Waals surface area contributed by atoms with Crippen molar-refractivity contribution in [3.8, 4) is 11.3 Å². The molecular weight excluding hydrogens is 197 g/mol. The Morgan fingerprint density at radius 1 is 1.47 bits per heavy atom. The molecule has 15 heavy (non-hydrogen) atoms. The summed E-state index contributed by atoms with van der Waals surface area (Å²) in [6.07, 6.45) is 1.99. The molecule has 0 bridgehead atoms. The summed E-state index contributed by atoms with van der Waals surface area (Å²) in [6.45, 7) is 0. The van der Waals surface area contributed by atoms with Crippen molar-refractivity contribution < 1.29 is 9.18 Å². The van der Waals surface area contributed by atoms with Crippen molar-refractivity contribution in [1.82, 2.24) is 15.0 Å². The molecule has 0 N–H and O–H groups in total. The van der Waals surface area contributed by atoms with Crippen molar-refractivity contribution in [3.05, 3.63) is 35.8 Å². The molecule has 76 valence electrons. The SMILES string of the molecule is Cn1nncc1-c1cccc(F)c1C=O. The van der Waals surface area contributed by atoms with Crippen LogP contribution in [0.15, 0.2) is 24.4 Å². The number of halogens is 1. The van der Waals surface area contributed by atoms with E-state index in [1.165, 1.54) is 16.9 Å². The first kappa shape index (κ1) is 9.51. The van der Waals surface area contributed by atoms with Crippen LogP contribution in [-0.2, 0) is 7.05 Å². The zero-order chi connectivity index (χ0) is 10.8. The summed E-state index contributed by atoms with van der Waals surface area (Å²) in [6, 6.07) is 4.45. The number of rotatable bonds is 2. The van der Waals surface area contributed by atoms with Gasteiger partial charge in [-0.1, -0.05) is 17.3 Å². The van der Waals surface area contributed by atoms with Crippen LogP contribution in [0, 0.1) is 5.82 Å². The molecule has 0 aliphatic carbocycles. The van der Waals surface area contributed by atoms with E-state index in [0.717, 1.165) is 0 Å². The lowest BCUT2D eigenvalue weighted by atomic mass is 10.1. The van der Waals surface area contributed by atoms with Crippen LogP contribution >= 0.6 is 0 Å². The molecular formula is C10H8FN3O. The average molecular weight is 205 g/mol. The van der Waals surface area contributed by atoms with Gasteiger partial charge in [-0.15, -0.1) is 5.10 Å². The predicted octanol–water partition coefficient (Wildman–Crippen LogP) is 1.43. The minimum absolute atomic E-state index is 0.0305. The Bertz CT molecular complexity index is 507. The van der Waals surface area contributed by atoms with E-state index in [1.54, 1.807) is 19.2 Å². The third kappa shape index (κ3) is 1.52. The van der Waals surface area contributed by atoms with Crippen LogP contribution in [0.5, 0.6) is 0 Å². The van der Waals surface area contributed by atoms with Gasteiger partial charge in [0, 0.05) is 12.6 Å². The highest BCUT2D eigenvalue weighted by Crippen LogP contribution is 2.22. The molecule has 0 fully saturated rings. The third-order valence-electron chi connectivity index (χ3n) is 2.16. The molecule has 1 heterocycles. The van der Waals surface area contributed by atoms with Crippen molar-refractivity contribution in [2.45, 2.75) is 0 Å². The normalized spacial score (nSPS) is 10.3. The van der Waals surface area contributed by atoms with E-state index in [1.807, 2.05) is 0 Å². The number of aryl methyl sites for hydroxylation is 1. The molecule has 0 unspecified atom stereocenters. The van der Waals surface area contributed by atoms with Crippen LogP contribution in [-0.4, -0.2) is 21.3 Å². The zero-order valence-electron chi connectivity index (χ0n) is 8.01. The molecule has 2 aromatic rings. The molecule has 0 amide bonds. The van der Waals surface area contributed by atoms with Gasteiger partial charge < -0.3 is 0 Å². The van der Waals surface area contributed by atoms with Gasteiger partial charge in [0.15, 0.2) is 6.29 Å². The number of carbonyl (C=O) groups is 1. The topological polar surface area (TPSA) is 47.8 Å². The lowest BCUT2D eigenvalue weighted by Gasteiger charge is -2.04. The minimum Gasteiger partial charge on any atom is -0.298 e. The standard InChI is InChI=1S/C10H8FN3O/c1-14-10(5-12-13-14)7-3-2-4-9(11)8(7)6-15/h2-6H,1H3. The molecule has 0 spiro atoms. The summed E-state index contributed by atoms with van der Waals surface area (Å²) in [5.74, 6) is -0.538. The Kier molecular flexibility index (Phi) is 2.29. The van der Waals surface area contributed by atoms with Crippen LogP contribution in [0.4, 0.5) is 4.39 Å². The molecule has 1 aromatic heterocycles. The van der Waals surface area contributed by atoms with Gasteiger partial charge in [-0.05, 0) is 6.07 Å². The maximum Gasteiger partial charge on any atom is 0.153 e. The number of nitrogens with zero attached hydrogens (tertiary/aromatic N) is 3. The number of hydrogen-bond acceptors (Lipinski definition) is 3. The van der Waals surface area contributed by atoms with Gasteiger partial charge in [-0.3, -0.25) is 4.79 Å². The van der Waals surface area contributed by atoms with E-state index in [2.05, 4.69) is 10.3 Å². The van der Waals surface area contributed by atoms with Crippen LogP contribution < -0.4 is 0 Å². The maximum absolute atomic E-state index is 13.3. The fraction of sp³-hybridized carbons (Fsp3) is 0.100. The molecule has 0 saturated carbocycles. The van der Waals surface area contributed by atoms with Gasteiger partial charge in [-0.25, -0.2) is 9.07 Å². The molecule has 0 saturated heterocycles. The van der Waals surface area contributed by atoms with Crippen molar-refractivity contribution >= 4 is 6.29 Å². The number of hydrogen-bond donors (Lipinski definition) is 0. The number of carbonyl (C=O) groups excluding carboxylic acids is 1. The second-order valence-corrected chi connectivity index (χ2v) is 3.06. The Morgan fingerprint density at radius 3 is 2.87 bits per heavy atom. The third-order valence-corrected chi connectivity index (χ3v) is 2.16. The lowest BCUT2D eigenvalue weighted by Crippen LogP contribution is -1.98. The van der Waals surface area contributed by atoms with Crippen molar-refractivity contribution in [1.29, 1.82) is 0 Å². The predicted molar refractivity (Wildman–Crippen MR) is 51.8 cm³/mol. The Morgan fingerprint density at radius 2 is 2.27 bits per heavy atom. The maximum atomic E-state index is 13.3. The van der Waals surface area contributed by atoms with Crippen LogP contribution in [0.3, 0.4) is 0 Å². The molecule has 5 heteroatoms. The molecule has 0 aliphatic rings. The summed E-state index contributed by atoms with van der Waals surface area (Å²) in [7, 11) is 1.68. The van der Waals surface area contributed by atoms with Crippen molar-refractivity contribution in [2.24, 2.45) is 7.05 Å². The van der Waals surface area contributed by atoms with E-state index < -0.39 is 5.82 Å². The molecule has 0 atom stereocenters.